The van der Waals surface area contributed by atoms with Gasteiger partial charge in [0.2, 0.25) is 0 Å². The smallest absolute Gasteiger partial charge is 0.374 e. The Kier molecular flexibility index (Phi) is 4.35. The van der Waals surface area contributed by atoms with Crippen LogP contribution in [-0.4, -0.2) is 36.1 Å². The molecule has 0 N–H and O–H groups in total. The molecule has 0 atom stereocenters. The highest BCUT2D eigenvalue weighted by atomic mass is 19.4. The lowest BCUT2D eigenvalue weighted by molar-refractivity contribution is -0.167. The van der Waals surface area contributed by atoms with E-state index in [2.05, 4.69) is 5.16 Å². The second-order valence-electron chi connectivity index (χ2n) is 4.70. The van der Waals surface area contributed by atoms with E-state index in [4.69, 9.17) is 4.52 Å². The number of hydrogen-bond acceptors (Lipinski definition) is 4. The summed E-state index contributed by atoms with van der Waals surface area (Å²) in [5, 5.41) is 3.68. The first-order chi connectivity index (χ1) is 10.3. The van der Waals surface area contributed by atoms with E-state index in [1.807, 2.05) is 0 Å². The van der Waals surface area contributed by atoms with Crippen molar-refractivity contribution in [2.75, 3.05) is 14.1 Å². The molecular weight excluding hydrogens is 297 g/mol. The number of likely N-dealkylation sites (N-methyl/N-ethyl adjacent to an activating group) is 1. The quantitative estimate of drug-likeness (QED) is 0.814. The average molecular weight is 310 g/mol. The molecule has 4 nitrogen and oxygen atoms in total. The monoisotopic (exact) mass is 310 g/mol. The van der Waals surface area contributed by atoms with E-state index in [-0.39, 0.29) is 11.3 Å². The summed E-state index contributed by atoms with van der Waals surface area (Å²) in [5.41, 5.74) is 0.180. The number of nitrogens with zero attached hydrogens (tertiary/aromatic N) is 2. The van der Waals surface area contributed by atoms with Gasteiger partial charge in [0, 0.05) is 25.7 Å². The van der Waals surface area contributed by atoms with Crippen LogP contribution in [0.15, 0.2) is 52.9 Å². The summed E-state index contributed by atoms with van der Waals surface area (Å²) in [6.07, 6.45) is -3.74. The van der Waals surface area contributed by atoms with E-state index in [0.29, 0.717) is 5.56 Å². The van der Waals surface area contributed by atoms with Gasteiger partial charge in [0.15, 0.2) is 0 Å². The Morgan fingerprint density at radius 2 is 1.77 bits per heavy atom. The lowest BCUT2D eigenvalue weighted by Crippen LogP contribution is -2.32. The van der Waals surface area contributed by atoms with Gasteiger partial charge in [0.25, 0.3) is 5.78 Å². The number of allylic oxidation sites excluding steroid dienone is 1. The first-order valence-electron chi connectivity index (χ1n) is 6.31. The van der Waals surface area contributed by atoms with Gasteiger partial charge in [-0.05, 0) is 5.56 Å². The highest BCUT2D eigenvalue weighted by Gasteiger charge is 2.43. The summed E-state index contributed by atoms with van der Waals surface area (Å²) in [6, 6.07) is 9.69. The molecule has 0 radical (unpaired) electrons. The summed E-state index contributed by atoms with van der Waals surface area (Å²) in [5.74, 6) is -1.93. The topological polar surface area (TPSA) is 46.3 Å². The Hall–Kier alpha value is -2.57. The Morgan fingerprint density at radius 1 is 1.14 bits per heavy atom. The molecule has 0 aliphatic carbocycles. The van der Waals surface area contributed by atoms with Gasteiger partial charge in [0.1, 0.15) is 12.0 Å². The van der Waals surface area contributed by atoms with Gasteiger partial charge in [-0.2, -0.15) is 13.2 Å². The van der Waals surface area contributed by atoms with Crippen LogP contribution >= 0.6 is 0 Å². The van der Waals surface area contributed by atoms with Gasteiger partial charge >= 0.3 is 6.18 Å². The van der Waals surface area contributed by atoms with E-state index >= 15 is 0 Å². The summed E-state index contributed by atoms with van der Waals surface area (Å²) in [7, 11) is 2.75. The molecule has 1 aromatic heterocycles. The molecule has 0 fully saturated rings. The normalized spacial score (nSPS) is 12.8. The van der Waals surface area contributed by atoms with Crippen molar-refractivity contribution in [3.8, 4) is 0 Å². The SMILES string of the molecule is CN(C)/C(C(=O)C(F)(F)F)=C(/c1ccccc1)c1ccon1. The predicted molar refractivity (Wildman–Crippen MR) is 73.7 cm³/mol. The molecule has 0 amide bonds. The first-order valence-corrected chi connectivity index (χ1v) is 6.31. The summed E-state index contributed by atoms with van der Waals surface area (Å²) in [6.45, 7) is 0. The maximum atomic E-state index is 12.9. The third-order valence-corrected chi connectivity index (χ3v) is 2.91. The molecule has 0 bridgehead atoms. The Morgan fingerprint density at radius 3 is 2.23 bits per heavy atom. The van der Waals surface area contributed by atoms with Crippen LogP contribution in [0.1, 0.15) is 11.3 Å². The molecule has 2 rings (SSSR count). The highest BCUT2D eigenvalue weighted by molar-refractivity contribution is 6.07. The summed E-state index contributed by atoms with van der Waals surface area (Å²) < 4.78 is 43.5. The van der Waals surface area contributed by atoms with Crippen molar-refractivity contribution < 1.29 is 22.5 Å². The maximum absolute atomic E-state index is 12.9. The fourth-order valence-electron chi connectivity index (χ4n) is 2.03. The average Bonchev–Trinajstić information content (AvgIpc) is 2.97. The zero-order valence-electron chi connectivity index (χ0n) is 11.9. The van der Waals surface area contributed by atoms with Gasteiger partial charge in [-0.15, -0.1) is 0 Å². The molecule has 0 saturated carbocycles. The second-order valence-corrected chi connectivity index (χ2v) is 4.70. The zero-order chi connectivity index (χ0) is 16.3. The molecule has 0 saturated heterocycles. The van der Waals surface area contributed by atoms with Crippen LogP contribution in [0.25, 0.3) is 5.57 Å². The van der Waals surface area contributed by atoms with Crippen LogP contribution in [0.5, 0.6) is 0 Å². The highest BCUT2D eigenvalue weighted by Crippen LogP contribution is 2.31. The number of halogens is 3. The Balaban J connectivity index is 2.75. The van der Waals surface area contributed by atoms with Crippen LogP contribution in [0.3, 0.4) is 0 Å². The largest absolute Gasteiger partial charge is 0.456 e. The number of Topliss-reactive ketones (excluding diaryl/α,β-unsaturated/α-hetero) is 1. The molecule has 0 spiro atoms. The fourth-order valence-corrected chi connectivity index (χ4v) is 2.03. The molecule has 7 heteroatoms. The van der Waals surface area contributed by atoms with Crippen LogP contribution in [0, 0.1) is 0 Å². The second kappa shape index (κ2) is 6.05. The fraction of sp³-hybridized carbons (Fsp3) is 0.200. The predicted octanol–water partition coefficient (Wildman–Crippen LogP) is 3.13. The molecule has 0 aliphatic rings. The van der Waals surface area contributed by atoms with E-state index in [1.165, 1.54) is 26.4 Å². The van der Waals surface area contributed by atoms with Crippen molar-refractivity contribution in [1.82, 2.24) is 10.1 Å². The van der Waals surface area contributed by atoms with Gasteiger partial charge < -0.3 is 9.42 Å². The van der Waals surface area contributed by atoms with Gasteiger partial charge in [0.05, 0.1) is 5.70 Å². The molecule has 0 aliphatic heterocycles. The molecule has 0 unspecified atom stereocenters. The van der Waals surface area contributed by atoms with Crippen molar-refractivity contribution in [1.29, 1.82) is 0 Å². The third-order valence-electron chi connectivity index (χ3n) is 2.91. The summed E-state index contributed by atoms with van der Waals surface area (Å²) in [4.78, 5) is 13.0. The molecule has 2 aromatic rings. The van der Waals surface area contributed by atoms with Crippen LogP contribution in [-0.2, 0) is 4.79 Å². The van der Waals surface area contributed by atoms with Crippen molar-refractivity contribution in [3.63, 3.8) is 0 Å². The van der Waals surface area contributed by atoms with Crippen molar-refractivity contribution in [3.05, 3.63) is 59.6 Å². The minimum Gasteiger partial charge on any atom is -0.374 e. The van der Waals surface area contributed by atoms with Gasteiger partial charge in [-0.25, -0.2) is 0 Å². The number of ketones is 1. The molecule has 22 heavy (non-hydrogen) atoms. The number of hydrogen-bond donors (Lipinski definition) is 0. The number of aromatic nitrogens is 1. The molecule has 116 valence electrons. The van der Waals surface area contributed by atoms with Crippen LogP contribution < -0.4 is 0 Å². The van der Waals surface area contributed by atoms with Gasteiger partial charge in [-0.1, -0.05) is 35.5 Å². The standard InChI is InChI=1S/C15H13F3N2O2/c1-20(2)13(14(21)15(16,17)18)12(11-8-9-22-19-11)10-6-4-3-5-7-10/h3-9H,1-2H3/b13-12-. The van der Waals surface area contributed by atoms with E-state index < -0.39 is 17.7 Å². The van der Waals surface area contributed by atoms with E-state index in [9.17, 15) is 18.0 Å². The van der Waals surface area contributed by atoms with Gasteiger partial charge in [-0.3, -0.25) is 4.79 Å². The van der Waals surface area contributed by atoms with Crippen molar-refractivity contribution in [2.24, 2.45) is 0 Å². The Bertz CT molecular complexity index is 675. The van der Waals surface area contributed by atoms with Crippen LogP contribution in [0.4, 0.5) is 13.2 Å². The zero-order valence-corrected chi connectivity index (χ0v) is 11.9. The lowest BCUT2D eigenvalue weighted by Gasteiger charge is -2.21. The third kappa shape index (κ3) is 3.19. The van der Waals surface area contributed by atoms with E-state index in [1.54, 1.807) is 30.3 Å². The first kappa shape index (κ1) is 15.8. The molecule has 1 heterocycles. The van der Waals surface area contributed by atoms with Crippen LogP contribution in [0.2, 0.25) is 0 Å². The number of benzene rings is 1. The summed E-state index contributed by atoms with van der Waals surface area (Å²) >= 11 is 0. The molecular formula is C15H13F3N2O2. The number of rotatable bonds is 4. The van der Waals surface area contributed by atoms with Crippen molar-refractivity contribution >= 4 is 11.4 Å². The number of carbonyl (C=O) groups excluding carboxylic acids is 1. The number of alkyl halides is 3. The maximum Gasteiger partial charge on any atom is 0.456 e. The van der Waals surface area contributed by atoms with E-state index in [0.717, 1.165) is 4.90 Å². The molecule has 1 aromatic carbocycles. The van der Waals surface area contributed by atoms with Crippen molar-refractivity contribution in [2.45, 2.75) is 6.18 Å². The minimum atomic E-state index is -4.98. The lowest BCUT2D eigenvalue weighted by atomic mass is 9.98. The minimum absolute atomic E-state index is 0.0710. The Labute approximate surface area is 124 Å². The number of carbonyl (C=O) groups is 1.